The van der Waals surface area contributed by atoms with Gasteiger partial charge in [-0.2, -0.15) is 13.2 Å². The zero-order valence-electron chi connectivity index (χ0n) is 12.5. The third-order valence-electron chi connectivity index (χ3n) is 1.81. The highest BCUT2D eigenvalue weighted by molar-refractivity contribution is 6.60. The molecule has 0 rings (SSSR count). The second-order valence-corrected chi connectivity index (χ2v) is 6.15. The SMILES string of the molecule is CCO.CCO[Si](CCC(F)(F)F)(OCC)OCC.O. The van der Waals surface area contributed by atoms with Crippen LogP contribution in [0.5, 0.6) is 0 Å². The van der Waals surface area contributed by atoms with E-state index in [1.54, 1.807) is 27.7 Å². The summed E-state index contributed by atoms with van der Waals surface area (Å²) in [6.07, 6.45) is -5.14. The fourth-order valence-corrected chi connectivity index (χ4v) is 3.89. The second kappa shape index (κ2) is 13.8. The zero-order chi connectivity index (χ0) is 15.4. The number of aliphatic hydroxyl groups is 1. The molecule has 0 amide bonds. The van der Waals surface area contributed by atoms with Crippen molar-refractivity contribution in [1.29, 1.82) is 0 Å². The molecule has 0 aliphatic rings. The molecule has 5 nitrogen and oxygen atoms in total. The fraction of sp³-hybridized carbons (Fsp3) is 1.00. The Labute approximate surface area is 119 Å². The summed E-state index contributed by atoms with van der Waals surface area (Å²) in [4.78, 5) is 0. The van der Waals surface area contributed by atoms with E-state index < -0.39 is 21.4 Å². The molecule has 20 heavy (non-hydrogen) atoms. The summed E-state index contributed by atoms with van der Waals surface area (Å²) in [7, 11) is -3.13. The first-order valence-corrected chi connectivity index (χ1v) is 8.33. The molecule has 0 heterocycles. The first-order chi connectivity index (χ1) is 8.80. The molecular weight excluding hydrogens is 297 g/mol. The lowest BCUT2D eigenvalue weighted by molar-refractivity contribution is -0.133. The Hall–Kier alpha value is -0.193. The van der Waals surface area contributed by atoms with E-state index in [4.69, 9.17) is 18.4 Å². The van der Waals surface area contributed by atoms with Crippen LogP contribution in [0.25, 0.3) is 0 Å². The predicted molar refractivity (Wildman–Crippen MR) is 72.5 cm³/mol. The van der Waals surface area contributed by atoms with Gasteiger partial charge in [0, 0.05) is 38.9 Å². The Bertz CT molecular complexity index is 188. The minimum absolute atomic E-state index is 0. The van der Waals surface area contributed by atoms with Gasteiger partial charge in [-0.05, 0) is 27.7 Å². The average molecular weight is 324 g/mol. The van der Waals surface area contributed by atoms with Crippen LogP contribution in [-0.2, 0) is 13.3 Å². The van der Waals surface area contributed by atoms with Crippen LogP contribution in [-0.4, -0.2) is 52.0 Å². The lowest BCUT2D eigenvalue weighted by Gasteiger charge is -2.28. The molecule has 0 unspecified atom stereocenters. The van der Waals surface area contributed by atoms with Crippen LogP contribution in [0.3, 0.4) is 0 Å². The van der Waals surface area contributed by atoms with Gasteiger partial charge in [0.1, 0.15) is 0 Å². The highest BCUT2D eigenvalue weighted by Gasteiger charge is 2.44. The Kier molecular flexibility index (Phi) is 17.1. The van der Waals surface area contributed by atoms with Gasteiger partial charge >= 0.3 is 15.0 Å². The Morgan fingerprint density at radius 2 is 1.20 bits per heavy atom. The van der Waals surface area contributed by atoms with Gasteiger partial charge in [0.2, 0.25) is 0 Å². The Balaban J connectivity index is -0.000000657. The summed E-state index contributed by atoms with van der Waals surface area (Å²) in [5.74, 6) is 0. The molecule has 0 atom stereocenters. The minimum Gasteiger partial charge on any atom is -0.412 e. The van der Waals surface area contributed by atoms with Crippen LogP contribution in [0.2, 0.25) is 6.04 Å². The van der Waals surface area contributed by atoms with Crippen molar-refractivity contribution in [1.82, 2.24) is 0 Å². The molecule has 0 aromatic rings. The molecule has 3 N–H and O–H groups in total. The molecule has 0 aromatic carbocycles. The van der Waals surface area contributed by atoms with Crippen LogP contribution >= 0.6 is 0 Å². The number of rotatable bonds is 8. The van der Waals surface area contributed by atoms with Gasteiger partial charge in [-0.1, -0.05) is 0 Å². The predicted octanol–water partition coefficient (Wildman–Crippen LogP) is 2.16. The van der Waals surface area contributed by atoms with Crippen LogP contribution in [0.1, 0.15) is 34.1 Å². The largest absolute Gasteiger partial charge is 0.501 e. The molecule has 126 valence electrons. The first kappa shape index (κ1) is 24.8. The monoisotopic (exact) mass is 324 g/mol. The third-order valence-corrected chi connectivity index (χ3v) is 4.86. The first-order valence-electron chi connectivity index (χ1n) is 6.40. The maximum Gasteiger partial charge on any atom is 0.501 e. The fourth-order valence-electron chi connectivity index (χ4n) is 1.30. The van der Waals surface area contributed by atoms with E-state index in [0.29, 0.717) is 19.8 Å². The smallest absolute Gasteiger partial charge is 0.412 e. The van der Waals surface area contributed by atoms with E-state index in [2.05, 4.69) is 0 Å². The number of hydrogen-bond acceptors (Lipinski definition) is 4. The molecule has 0 bridgehead atoms. The van der Waals surface area contributed by atoms with Gasteiger partial charge < -0.3 is 23.9 Å². The maximum absolute atomic E-state index is 12.2. The van der Waals surface area contributed by atoms with Crippen molar-refractivity contribution in [2.24, 2.45) is 0 Å². The third kappa shape index (κ3) is 14.2. The van der Waals surface area contributed by atoms with E-state index in [0.717, 1.165) is 0 Å². The lowest BCUT2D eigenvalue weighted by atomic mass is 10.5. The highest BCUT2D eigenvalue weighted by Crippen LogP contribution is 2.27. The summed E-state index contributed by atoms with van der Waals surface area (Å²) >= 11 is 0. The summed E-state index contributed by atoms with van der Waals surface area (Å²) in [6, 6.07) is -0.216. The molecule has 0 fully saturated rings. The van der Waals surface area contributed by atoms with E-state index in [9.17, 15) is 13.2 Å². The van der Waals surface area contributed by atoms with Crippen LogP contribution in [0.4, 0.5) is 13.2 Å². The number of hydrogen-bond donors (Lipinski definition) is 1. The molecule has 0 aliphatic carbocycles. The molecule has 0 radical (unpaired) electrons. The summed E-state index contributed by atoms with van der Waals surface area (Å²) < 4.78 is 52.4. The Morgan fingerprint density at radius 1 is 0.900 bits per heavy atom. The number of halogens is 3. The summed E-state index contributed by atoms with van der Waals surface area (Å²) in [5.41, 5.74) is 0. The molecule has 0 saturated heterocycles. The van der Waals surface area contributed by atoms with Gasteiger partial charge in [0.05, 0.1) is 0 Å². The van der Waals surface area contributed by atoms with Gasteiger partial charge in [0.25, 0.3) is 0 Å². The Morgan fingerprint density at radius 3 is 1.40 bits per heavy atom. The quantitative estimate of drug-likeness (QED) is 0.694. The van der Waals surface area contributed by atoms with Gasteiger partial charge in [-0.15, -0.1) is 0 Å². The van der Waals surface area contributed by atoms with Crippen molar-refractivity contribution in [2.75, 3.05) is 26.4 Å². The van der Waals surface area contributed by atoms with Gasteiger partial charge in [0.15, 0.2) is 0 Å². The van der Waals surface area contributed by atoms with Crippen molar-refractivity contribution in [3.05, 3.63) is 0 Å². The van der Waals surface area contributed by atoms with Gasteiger partial charge in [-0.25, -0.2) is 0 Å². The standard InChI is InChI=1S/C9H19F3O3Si.C2H6O.H2O/c1-4-13-16(14-5-2,15-6-3)8-7-9(10,11)12;1-2-3;/h4-8H2,1-3H3;3H,2H2,1H3;1H2. The average Bonchev–Trinajstić information content (AvgIpc) is 2.28. The number of aliphatic hydroxyl groups excluding tert-OH is 1. The second-order valence-electron chi connectivity index (χ2n) is 3.41. The molecule has 9 heteroatoms. The molecule has 0 aliphatic heterocycles. The zero-order valence-corrected chi connectivity index (χ0v) is 13.5. The molecular formula is C11H27F3O5Si. The van der Waals surface area contributed by atoms with E-state index in [1.165, 1.54) is 0 Å². The normalized spacial score (nSPS) is 11.4. The van der Waals surface area contributed by atoms with Crippen molar-refractivity contribution < 1.29 is 37.0 Å². The van der Waals surface area contributed by atoms with Crippen molar-refractivity contribution >= 4 is 8.80 Å². The summed E-state index contributed by atoms with van der Waals surface area (Å²) in [6.45, 7) is 7.96. The van der Waals surface area contributed by atoms with Crippen LogP contribution < -0.4 is 0 Å². The van der Waals surface area contributed by atoms with Crippen molar-refractivity contribution in [3.8, 4) is 0 Å². The van der Waals surface area contributed by atoms with E-state index >= 15 is 0 Å². The summed E-state index contributed by atoms with van der Waals surface area (Å²) in [5, 5.41) is 7.57. The minimum atomic E-state index is -4.20. The lowest BCUT2D eigenvalue weighted by Crippen LogP contribution is -2.46. The van der Waals surface area contributed by atoms with Crippen molar-refractivity contribution in [2.45, 2.75) is 46.3 Å². The van der Waals surface area contributed by atoms with Crippen LogP contribution in [0, 0.1) is 0 Å². The highest BCUT2D eigenvalue weighted by atomic mass is 28.4. The molecule has 0 spiro atoms. The van der Waals surface area contributed by atoms with Crippen molar-refractivity contribution in [3.63, 3.8) is 0 Å². The molecule has 0 aromatic heterocycles. The molecule has 0 saturated carbocycles. The van der Waals surface area contributed by atoms with E-state index in [-0.39, 0.29) is 18.1 Å². The topological polar surface area (TPSA) is 79.4 Å². The van der Waals surface area contributed by atoms with Crippen LogP contribution in [0.15, 0.2) is 0 Å². The number of alkyl halides is 3. The maximum atomic E-state index is 12.2. The van der Waals surface area contributed by atoms with E-state index in [1.807, 2.05) is 0 Å². The van der Waals surface area contributed by atoms with Gasteiger partial charge in [-0.3, -0.25) is 0 Å².